The highest BCUT2D eigenvalue weighted by Crippen LogP contribution is 2.27. The van der Waals surface area contributed by atoms with Crippen LogP contribution in [0.25, 0.3) is 0 Å². The van der Waals surface area contributed by atoms with Gasteiger partial charge in [0.1, 0.15) is 0 Å². The van der Waals surface area contributed by atoms with Gasteiger partial charge in [0.25, 0.3) is 5.91 Å². The van der Waals surface area contributed by atoms with Crippen LogP contribution in [-0.2, 0) is 14.5 Å². The fourth-order valence-electron chi connectivity index (χ4n) is 1.63. The number of hydrogen-bond donors (Lipinski definition) is 1. The maximum atomic E-state index is 11.8. The molecule has 14 heavy (non-hydrogen) atoms. The molecule has 5 nitrogen and oxygen atoms in total. The van der Waals surface area contributed by atoms with Gasteiger partial charge in [-0.05, 0) is 20.3 Å². The van der Waals surface area contributed by atoms with Gasteiger partial charge in [-0.2, -0.15) is 0 Å². The first-order valence-electron chi connectivity index (χ1n) is 4.66. The molecule has 1 saturated heterocycles. The number of carbonyl (C=O) groups is 2. The molecule has 1 aliphatic heterocycles. The average molecular weight is 201 g/mol. The number of carbonyl (C=O) groups excluding carboxylic acids is 2. The van der Waals surface area contributed by atoms with Crippen LogP contribution >= 0.6 is 0 Å². The summed E-state index contributed by atoms with van der Waals surface area (Å²) in [6.45, 7) is 5.28. The summed E-state index contributed by atoms with van der Waals surface area (Å²) >= 11 is 0. The van der Waals surface area contributed by atoms with Gasteiger partial charge in [0.2, 0.25) is 5.60 Å². The molecule has 5 heteroatoms. The number of ketones is 1. The molecule has 1 aliphatic rings. The highest BCUT2D eigenvalue weighted by atomic mass is 17.1. The van der Waals surface area contributed by atoms with E-state index in [0.717, 1.165) is 0 Å². The van der Waals surface area contributed by atoms with Crippen LogP contribution < -0.4 is 0 Å². The zero-order chi connectivity index (χ0) is 10.9. The molecule has 1 atom stereocenters. The van der Waals surface area contributed by atoms with Crippen LogP contribution in [-0.4, -0.2) is 40.0 Å². The standard InChI is InChI=1S/C9H15NO4/c1-4-9(14-13)7(11)5-10(6(2)3)8(9)12/h6,13H,4-5H2,1-3H3. The highest BCUT2D eigenvalue weighted by Gasteiger charge is 2.55. The predicted octanol–water partition coefficient (Wildman–Crippen LogP) is 0.444. The Morgan fingerprint density at radius 1 is 1.57 bits per heavy atom. The number of hydrogen-bond acceptors (Lipinski definition) is 4. The monoisotopic (exact) mass is 201 g/mol. The van der Waals surface area contributed by atoms with Crippen LogP contribution in [0.1, 0.15) is 27.2 Å². The summed E-state index contributed by atoms with van der Waals surface area (Å²) in [4.78, 5) is 28.8. The molecule has 0 saturated carbocycles. The molecule has 1 fully saturated rings. The minimum absolute atomic E-state index is 0.0187. The van der Waals surface area contributed by atoms with E-state index in [1.807, 2.05) is 13.8 Å². The van der Waals surface area contributed by atoms with Crippen molar-refractivity contribution in [3.8, 4) is 0 Å². The van der Waals surface area contributed by atoms with Gasteiger partial charge < -0.3 is 4.90 Å². The van der Waals surface area contributed by atoms with E-state index in [9.17, 15) is 9.59 Å². The van der Waals surface area contributed by atoms with Gasteiger partial charge >= 0.3 is 0 Å². The Labute approximate surface area is 82.6 Å². The van der Waals surface area contributed by atoms with Crippen molar-refractivity contribution < 1.29 is 19.7 Å². The van der Waals surface area contributed by atoms with Crippen molar-refractivity contribution in [2.24, 2.45) is 0 Å². The molecule has 0 aromatic rings. The van der Waals surface area contributed by atoms with Crippen molar-refractivity contribution in [3.05, 3.63) is 0 Å². The zero-order valence-electron chi connectivity index (χ0n) is 8.61. The van der Waals surface area contributed by atoms with E-state index in [2.05, 4.69) is 4.89 Å². The number of amides is 1. The predicted molar refractivity (Wildman–Crippen MR) is 48.6 cm³/mol. The Balaban J connectivity index is 3.01. The van der Waals surface area contributed by atoms with Crippen molar-refractivity contribution in [1.82, 2.24) is 4.90 Å². The first kappa shape index (κ1) is 11.1. The number of Topliss-reactive ketones (excluding diaryl/α,β-unsaturated/α-hetero) is 1. The summed E-state index contributed by atoms with van der Waals surface area (Å²) < 4.78 is 0. The summed E-state index contributed by atoms with van der Waals surface area (Å²) in [6, 6.07) is -0.0602. The van der Waals surface area contributed by atoms with Gasteiger partial charge in [-0.25, -0.2) is 4.89 Å². The Hall–Kier alpha value is -0.940. The second kappa shape index (κ2) is 3.67. The molecule has 1 N–H and O–H groups in total. The van der Waals surface area contributed by atoms with Gasteiger partial charge in [0, 0.05) is 6.04 Å². The molecule has 0 aromatic heterocycles. The summed E-state index contributed by atoms with van der Waals surface area (Å²) in [7, 11) is 0. The van der Waals surface area contributed by atoms with Crippen LogP contribution in [0, 0.1) is 0 Å². The maximum absolute atomic E-state index is 11.8. The first-order chi connectivity index (χ1) is 6.49. The van der Waals surface area contributed by atoms with Gasteiger partial charge in [0.15, 0.2) is 5.78 Å². The normalized spacial score (nSPS) is 27.9. The lowest BCUT2D eigenvalue weighted by Gasteiger charge is -2.23. The van der Waals surface area contributed by atoms with E-state index < -0.39 is 11.5 Å². The van der Waals surface area contributed by atoms with Crippen LogP contribution in [0.2, 0.25) is 0 Å². The van der Waals surface area contributed by atoms with Crippen LogP contribution in [0.3, 0.4) is 0 Å². The molecule has 1 amide bonds. The number of likely N-dealkylation sites (tertiary alicyclic amines) is 1. The minimum atomic E-state index is -1.65. The summed E-state index contributed by atoms with van der Waals surface area (Å²) in [5, 5.41) is 8.69. The lowest BCUT2D eigenvalue weighted by Crippen LogP contribution is -2.46. The van der Waals surface area contributed by atoms with E-state index >= 15 is 0 Å². The van der Waals surface area contributed by atoms with Crippen molar-refractivity contribution >= 4 is 11.7 Å². The number of rotatable bonds is 3. The third kappa shape index (κ3) is 1.33. The van der Waals surface area contributed by atoms with Crippen LogP contribution in [0.4, 0.5) is 0 Å². The van der Waals surface area contributed by atoms with E-state index in [0.29, 0.717) is 0 Å². The fourth-order valence-corrected chi connectivity index (χ4v) is 1.63. The lowest BCUT2D eigenvalue weighted by atomic mass is 9.98. The molecule has 0 radical (unpaired) electrons. The Morgan fingerprint density at radius 3 is 2.36 bits per heavy atom. The van der Waals surface area contributed by atoms with Gasteiger partial charge in [-0.1, -0.05) is 6.92 Å². The van der Waals surface area contributed by atoms with E-state index in [1.54, 1.807) is 6.92 Å². The molecule has 0 aromatic carbocycles. The summed E-state index contributed by atoms with van der Waals surface area (Å²) in [6.07, 6.45) is 0.157. The molecule has 1 rings (SSSR count). The molecule has 0 bridgehead atoms. The molecular weight excluding hydrogens is 186 g/mol. The van der Waals surface area contributed by atoms with E-state index in [1.165, 1.54) is 4.90 Å². The van der Waals surface area contributed by atoms with Gasteiger partial charge in [0.05, 0.1) is 6.54 Å². The third-order valence-corrected chi connectivity index (χ3v) is 2.65. The molecule has 0 spiro atoms. The Morgan fingerprint density at radius 2 is 2.14 bits per heavy atom. The smallest absolute Gasteiger partial charge is 0.266 e. The Kier molecular flexibility index (Phi) is 2.92. The molecule has 1 heterocycles. The fraction of sp³-hybridized carbons (Fsp3) is 0.778. The Bertz CT molecular complexity index is 258. The SMILES string of the molecule is CCC1(OO)C(=O)CN(C(C)C)C1=O. The average Bonchev–Trinajstić information content (AvgIpc) is 2.40. The van der Waals surface area contributed by atoms with Crippen LogP contribution in [0.5, 0.6) is 0 Å². The quantitative estimate of drug-likeness (QED) is 0.409. The van der Waals surface area contributed by atoms with Crippen molar-refractivity contribution in [1.29, 1.82) is 0 Å². The van der Waals surface area contributed by atoms with Gasteiger partial charge in [-0.15, -0.1) is 0 Å². The molecular formula is C9H15NO4. The lowest BCUT2D eigenvalue weighted by molar-refractivity contribution is -0.300. The topological polar surface area (TPSA) is 66.8 Å². The summed E-state index contributed by atoms with van der Waals surface area (Å²) in [5.74, 6) is -0.816. The second-order valence-corrected chi connectivity index (χ2v) is 3.72. The number of nitrogens with zero attached hydrogens (tertiary/aromatic N) is 1. The maximum Gasteiger partial charge on any atom is 0.266 e. The zero-order valence-corrected chi connectivity index (χ0v) is 8.61. The van der Waals surface area contributed by atoms with Crippen LogP contribution in [0.15, 0.2) is 0 Å². The molecule has 1 unspecified atom stereocenters. The third-order valence-electron chi connectivity index (χ3n) is 2.65. The summed E-state index contributed by atoms with van der Waals surface area (Å²) in [5.41, 5.74) is -1.65. The highest BCUT2D eigenvalue weighted by molar-refractivity contribution is 6.15. The van der Waals surface area contributed by atoms with Gasteiger partial charge in [-0.3, -0.25) is 14.8 Å². The molecule has 80 valence electrons. The van der Waals surface area contributed by atoms with E-state index in [-0.39, 0.29) is 24.8 Å². The second-order valence-electron chi connectivity index (χ2n) is 3.72. The largest absolute Gasteiger partial charge is 0.330 e. The molecule has 0 aliphatic carbocycles. The first-order valence-corrected chi connectivity index (χ1v) is 4.66. The van der Waals surface area contributed by atoms with Crippen molar-refractivity contribution in [2.45, 2.75) is 38.8 Å². The van der Waals surface area contributed by atoms with Crippen molar-refractivity contribution in [2.75, 3.05) is 6.54 Å². The van der Waals surface area contributed by atoms with E-state index in [4.69, 9.17) is 5.26 Å². The minimum Gasteiger partial charge on any atom is -0.330 e. The van der Waals surface area contributed by atoms with Crippen molar-refractivity contribution in [3.63, 3.8) is 0 Å².